The average molecular weight is 281 g/mol. The van der Waals surface area contributed by atoms with Crippen LogP contribution in [0, 0.1) is 5.92 Å². The molecule has 1 aliphatic rings. The van der Waals surface area contributed by atoms with Crippen LogP contribution in [0.15, 0.2) is 10.5 Å². The van der Waals surface area contributed by atoms with Gasteiger partial charge in [0, 0.05) is 15.4 Å². The van der Waals surface area contributed by atoms with Crippen molar-refractivity contribution < 1.29 is 0 Å². The van der Waals surface area contributed by atoms with Gasteiger partial charge in [0.05, 0.1) is 0 Å². The van der Waals surface area contributed by atoms with Gasteiger partial charge in [0.2, 0.25) is 0 Å². The van der Waals surface area contributed by atoms with E-state index in [9.17, 15) is 0 Å². The molecule has 1 fully saturated rings. The Kier molecular flexibility index (Phi) is 2.98. The highest BCUT2D eigenvalue weighted by Gasteiger charge is 2.26. The minimum atomic E-state index is 0.197. The summed E-state index contributed by atoms with van der Waals surface area (Å²) in [6.45, 7) is 0. The molecule has 1 heterocycles. The topological polar surface area (TPSA) is 26.0 Å². The second-order valence-corrected chi connectivity index (χ2v) is 6.03. The quantitative estimate of drug-likeness (QED) is 0.872. The van der Waals surface area contributed by atoms with Gasteiger partial charge in [-0.15, -0.1) is 11.3 Å². The summed E-state index contributed by atoms with van der Waals surface area (Å²) in [6.07, 6.45) is 3.88. The van der Waals surface area contributed by atoms with Crippen molar-refractivity contribution in [1.29, 1.82) is 0 Å². The summed E-state index contributed by atoms with van der Waals surface area (Å²) in [5.74, 6) is 0.682. The molecule has 1 aromatic rings. The van der Waals surface area contributed by atoms with Gasteiger partial charge in [-0.2, -0.15) is 0 Å². The smallest absolute Gasteiger partial charge is 0.107 e. The number of hydrogen-bond donors (Lipinski definition) is 1. The highest BCUT2D eigenvalue weighted by Crippen LogP contribution is 2.41. The molecule has 1 aliphatic carbocycles. The fraction of sp³-hybridized carbons (Fsp3) is 0.556. The van der Waals surface area contributed by atoms with Gasteiger partial charge in [-0.05, 0) is 40.8 Å². The minimum Gasteiger partial charge on any atom is -0.323 e. The zero-order valence-electron chi connectivity index (χ0n) is 7.09. The van der Waals surface area contributed by atoms with E-state index < -0.39 is 0 Å². The lowest BCUT2D eigenvalue weighted by Gasteiger charge is -2.30. The molecule has 0 amide bonds. The first-order chi connectivity index (χ1) is 6.18. The van der Waals surface area contributed by atoms with Gasteiger partial charge in [0.25, 0.3) is 0 Å². The van der Waals surface area contributed by atoms with Gasteiger partial charge in [0.15, 0.2) is 0 Å². The normalized spacial score (nSPS) is 19.9. The number of hydrogen-bond acceptors (Lipinski definition) is 2. The van der Waals surface area contributed by atoms with Crippen molar-refractivity contribution in [3.05, 3.63) is 19.8 Å². The number of rotatable bonds is 2. The summed E-state index contributed by atoms with van der Waals surface area (Å²) in [6, 6.07) is 2.25. The van der Waals surface area contributed by atoms with E-state index in [-0.39, 0.29) is 6.04 Å². The summed E-state index contributed by atoms with van der Waals surface area (Å²) in [5, 5.41) is 0. The molecule has 0 aliphatic heterocycles. The Morgan fingerprint density at radius 1 is 1.62 bits per heavy atom. The van der Waals surface area contributed by atoms with Crippen molar-refractivity contribution in [3.63, 3.8) is 0 Å². The zero-order chi connectivity index (χ0) is 9.42. The third-order valence-corrected chi connectivity index (χ3v) is 5.23. The van der Waals surface area contributed by atoms with Crippen molar-refractivity contribution in [1.82, 2.24) is 0 Å². The van der Waals surface area contributed by atoms with Gasteiger partial charge in [-0.25, -0.2) is 0 Å². The van der Waals surface area contributed by atoms with Crippen molar-refractivity contribution in [2.24, 2.45) is 11.7 Å². The van der Waals surface area contributed by atoms with Crippen LogP contribution in [0.25, 0.3) is 0 Å². The fourth-order valence-electron chi connectivity index (χ4n) is 1.56. The van der Waals surface area contributed by atoms with Gasteiger partial charge in [-0.3, -0.25) is 0 Å². The molecular formula is C9H11BrClNS. The predicted molar refractivity (Wildman–Crippen MR) is 61.3 cm³/mol. The molecule has 0 bridgehead atoms. The maximum atomic E-state index is 6.11. The van der Waals surface area contributed by atoms with Gasteiger partial charge < -0.3 is 5.73 Å². The first-order valence-corrected chi connectivity index (χ1v) is 6.37. The molecule has 1 aromatic heterocycles. The number of nitrogens with two attached hydrogens (primary N) is 1. The Hall–Kier alpha value is 0.430. The van der Waals surface area contributed by atoms with Crippen molar-refractivity contribution >= 4 is 38.9 Å². The van der Waals surface area contributed by atoms with Crippen LogP contribution in [0.1, 0.15) is 30.2 Å². The molecule has 0 spiro atoms. The Bertz CT molecular complexity index is 289. The summed E-state index contributed by atoms with van der Waals surface area (Å²) in [5.41, 5.74) is 6.11. The first-order valence-electron chi connectivity index (χ1n) is 4.39. The highest BCUT2D eigenvalue weighted by atomic mass is 79.9. The van der Waals surface area contributed by atoms with Crippen LogP contribution in [0.2, 0.25) is 4.34 Å². The van der Waals surface area contributed by atoms with E-state index in [4.69, 9.17) is 17.3 Å². The van der Waals surface area contributed by atoms with Crippen molar-refractivity contribution in [2.75, 3.05) is 0 Å². The molecular weight excluding hydrogens is 270 g/mol. The van der Waals surface area contributed by atoms with Crippen LogP contribution in [-0.2, 0) is 0 Å². The van der Waals surface area contributed by atoms with Crippen LogP contribution in [-0.4, -0.2) is 0 Å². The van der Waals surface area contributed by atoms with Gasteiger partial charge in [-0.1, -0.05) is 18.0 Å². The molecule has 13 heavy (non-hydrogen) atoms. The van der Waals surface area contributed by atoms with E-state index in [1.54, 1.807) is 11.3 Å². The maximum Gasteiger partial charge on any atom is 0.107 e. The Balaban J connectivity index is 2.14. The van der Waals surface area contributed by atoms with E-state index >= 15 is 0 Å². The summed E-state index contributed by atoms with van der Waals surface area (Å²) in [4.78, 5) is 1.21. The molecule has 1 saturated carbocycles. The molecule has 0 aromatic carbocycles. The zero-order valence-corrected chi connectivity index (χ0v) is 10.3. The average Bonchev–Trinajstić information content (AvgIpc) is 2.28. The lowest BCUT2D eigenvalue weighted by Crippen LogP contribution is -2.25. The molecule has 0 radical (unpaired) electrons. The number of thiophene rings is 1. The summed E-state index contributed by atoms with van der Waals surface area (Å²) >= 11 is 10.9. The van der Waals surface area contributed by atoms with Crippen LogP contribution in [0.5, 0.6) is 0 Å². The maximum absolute atomic E-state index is 6.11. The van der Waals surface area contributed by atoms with E-state index in [1.165, 1.54) is 24.1 Å². The largest absolute Gasteiger partial charge is 0.323 e. The van der Waals surface area contributed by atoms with Gasteiger partial charge >= 0.3 is 0 Å². The standard InChI is InChI=1S/C9H11BrClNS/c10-6-4-7(13-9(6)11)8(12)5-2-1-3-5/h4-5,8H,1-3,12H2. The number of halogens is 2. The monoisotopic (exact) mass is 279 g/mol. The van der Waals surface area contributed by atoms with E-state index in [1.807, 2.05) is 0 Å². The van der Waals surface area contributed by atoms with Crippen molar-refractivity contribution in [2.45, 2.75) is 25.3 Å². The first kappa shape index (κ1) is 9.97. The lowest BCUT2D eigenvalue weighted by atomic mass is 9.79. The van der Waals surface area contributed by atoms with Crippen LogP contribution in [0.3, 0.4) is 0 Å². The van der Waals surface area contributed by atoms with Crippen LogP contribution >= 0.6 is 38.9 Å². The van der Waals surface area contributed by atoms with Crippen LogP contribution < -0.4 is 5.73 Å². The molecule has 1 atom stereocenters. The van der Waals surface area contributed by atoms with E-state index in [2.05, 4.69) is 22.0 Å². The highest BCUT2D eigenvalue weighted by molar-refractivity contribution is 9.10. The summed E-state index contributed by atoms with van der Waals surface area (Å²) < 4.78 is 1.79. The molecule has 2 rings (SSSR count). The molecule has 1 nitrogen and oxygen atoms in total. The van der Waals surface area contributed by atoms with Gasteiger partial charge in [0.1, 0.15) is 4.34 Å². The Labute approximate surface area is 95.4 Å². The second kappa shape index (κ2) is 3.89. The molecule has 4 heteroatoms. The third-order valence-electron chi connectivity index (χ3n) is 2.65. The second-order valence-electron chi connectivity index (χ2n) is 3.49. The molecule has 2 N–H and O–H groups in total. The van der Waals surface area contributed by atoms with Crippen molar-refractivity contribution in [3.8, 4) is 0 Å². The Morgan fingerprint density at radius 2 is 2.31 bits per heavy atom. The lowest BCUT2D eigenvalue weighted by molar-refractivity contribution is 0.267. The third kappa shape index (κ3) is 1.94. The summed E-state index contributed by atoms with van der Waals surface area (Å²) in [7, 11) is 0. The van der Waals surface area contributed by atoms with E-state index in [0.717, 1.165) is 8.81 Å². The fourth-order valence-corrected chi connectivity index (χ4v) is 3.39. The molecule has 0 saturated heterocycles. The SMILES string of the molecule is NC(c1cc(Br)c(Cl)s1)C1CCC1. The van der Waals surface area contributed by atoms with E-state index in [0.29, 0.717) is 5.92 Å². The van der Waals surface area contributed by atoms with Crippen LogP contribution in [0.4, 0.5) is 0 Å². The molecule has 1 unspecified atom stereocenters. The predicted octanol–water partition coefficient (Wildman–Crippen LogP) is 3.96. The molecule has 72 valence electrons. The minimum absolute atomic E-state index is 0.197. The Morgan fingerprint density at radius 3 is 2.69 bits per heavy atom.